The van der Waals surface area contributed by atoms with Crippen molar-refractivity contribution >= 4 is 39.8 Å². The van der Waals surface area contributed by atoms with Crippen LogP contribution in [0, 0.1) is 5.82 Å². The number of aryl methyl sites for hydroxylation is 1. The minimum Gasteiger partial charge on any atom is -0.324 e. The second-order valence-corrected chi connectivity index (χ2v) is 10.0. The topological polar surface area (TPSA) is 71.8 Å². The number of hydrogen-bond donors (Lipinski definition) is 2. The first-order valence-corrected chi connectivity index (χ1v) is 13.6. The molecular formula is C32H27ClFN5O. The maximum atomic E-state index is 14.3. The van der Waals surface area contributed by atoms with Crippen LogP contribution in [0.2, 0.25) is 5.02 Å². The van der Waals surface area contributed by atoms with E-state index >= 15 is 0 Å². The van der Waals surface area contributed by atoms with E-state index in [-0.39, 0.29) is 11.4 Å². The van der Waals surface area contributed by atoms with Gasteiger partial charge in [-0.05, 0) is 66.9 Å². The van der Waals surface area contributed by atoms with Gasteiger partial charge in [0.15, 0.2) is 0 Å². The quantitative estimate of drug-likeness (QED) is 0.236. The van der Waals surface area contributed by atoms with Crippen molar-refractivity contribution in [2.75, 3.05) is 18.4 Å². The summed E-state index contributed by atoms with van der Waals surface area (Å²) in [7, 11) is 0. The summed E-state index contributed by atoms with van der Waals surface area (Å²) in [5, 5.41) is 7.67. The van der Waals surface area contributed by atoms with Gasteiger partial charge < -0.3 is 10.6 Å². The highest BCUT2D eigenvalue weighted by Gasteiger charge is 2.16. The van der Waals surface area contributed by atoms with Crippen LogP contribution in [0.5, 0.6) is 0 Å². The van der Waals surface area contributed by atoms with Crippen molar-refractivity contribution in [1.29, 1.82) is 0 Å². The van der Waals surface area contributed by atoms with E-state index < -0.39 is 0 Å². The average molecular weight is 552 g/mol. The lowest BCUT2D eigenvalue weighted by molar-refractivity contribution is 0.631. The van der Waals surface area contributed by atoms with Crippen molar-refractivity contribution in [3.8, 4) is 22.3 Å². The predicted molar refractivity (Wildman–Crippen MR) is 161 cm³/mol. The molecule has 0 fully saturated rings. The fourth-order valence-corrected chi connectivity index (χ4v) is 5.37. The number of anilines is 2. The third-order valence-corrected chi connectivity index (χ3v) is 7.48. The highest BCUT2D eigenvalue weighted by atomic mass is 35.5. The number of hydrogen-bond acceptors (Lipinski definition) is 5. The van der Waals surface area contributed by atoms with E-state index in [0.29, 0.717) is 50.8 Å². The van der Waals surface area contributed by atoms with E-state index in [1.165, 1.54) is 17.2 Å². The third-order valence-electron chi connectivity index (χ3n) is 7.16. The van der Waals surface area contributed by atoms with E-state index in [1.54, 1.807) is 53.2 Å². The fourth-order valence-electron chi connectivity index (χ4n) is 5.08. The second-order valence-electron chi connectivity index (χ2n) is 9.64. The normalized spacial score (nSPS) is 13.3. The molecule has 0 radical (unpaired) electrons. The zero-order valence-corrected chi connectivity index (χ0v) is 22.7. The van der Waals surface area contributed by atoms with Gasteiger partial charge >= 0.3 is 0 Å². The Labute approximate surface area is 236 Å². The van der Waals surface area contributed by atoms with Crippen LogP contribution < -0.4 is 16.2 Å². The van der Waals surface area contributed by atoms with Gasteiger partial charge in [-0.3, -0.25) is 9.36 Å². The Morgan fingerprint density at radius 2 is 1.80 bits per heavy atom. The van der Waals surface area contributed by atoms with Gasteiger partial charge in [-0.1, -0.05) is 60.1 Å². The molecule has 0 saturated heterocycles. The minimum absolute atomic E-state index is 0.209. The highest BCUT2D eigenvalue weighted by Crippen LogP contribution is 2.33. The van der Waals surface area contributed by atoms with Crippen molar-refractivity contribution in [2.45, 2.75) is 19.9 Å². The number of nitrogens with zero attached hydrogens (tertiary/aromatic N) is 3. The lowest BCUT2D eigenvalue weighted by Gasteiger charge is -2.15. The Morgan fingerprint density at radius 3 is 2.52 bits per heavy atom. The molecule has 3 heterocycles. The first-order chi connectivity index (χ1) is 19.5. The summed E-state index contributed by atoms with van der Waals surface area (Å²) in [6, 6.07) is 21.7. The molecule has 1 aliphatic rings. The molecule has 8 heteroatoms. The molecule has 0 amide bonds. The molecule has 1 aliphatic heterocycles. The Morgan fingerprint density at radius 1 is 1.00 bits per heavy atom. The Kier molecular flexibility index (Phi) is 7.15. The largest absolute Gasteiger partial charge is 0.324 e. The summed E-state index contributed by atoms with van der Waals surface area (Å²) < 4.78 is 15.9. The zero-order chi connectivity index (χ0) is 27.6. The molecule has 5 aromatic rings. The van der Waals surface area contributed by atoms with Gasteiger partial charge in [0.25, 0.3) is 5.56 Å². The molecule has 2 aromatic heterocycles. The summed E-state index contributed by atoms with van der Waals surface area (Å²) in [5.74, 6) is 0.0741. The lowest BCUT2D eigenvalue weighted by atomic mass is 10.00. The van der Waals surface area contributed by atoms with Crippen molar-refractivity contribution < 1.29 is 4.39 Å². The Hall–Kier alpha value is -4.33. The van der Waals surface area contributed by atoms with Crippen LogP contribution in [0.4, 0.5) is 16.0 Å². The number of rotatable bonds is 6. The van der Waals surface area contributed by atoms with Gasteiger partial charge in [0.1, 0.15) is 11.5 Å². The predicted octanol–water partition coefficient (Wildman–Crippen LogP) is 7.06. The molecule has 40 heavy (non-hydrogen) atoms. The second kappa shape index (κ2) is 11.0. The SMILES string of the molecule is CCn1c(=O)c(-c2ccc(-c3ccccc3F)cc2Cl)cc2cnc(Nc3ccc(C4=CCNCC4)cc3)nc21. The first kappa shape index (κ1) is 25.9. The molecular weight excluding hydrogens is 525 g/mol. The molecule has 200 valence electrons. The van der Waals surface area contributed by atoms with Crippen molar-refractivity contribution in [1.82, 2.24) is 19.9 Å². The van der Waals surface area contributed by atoms with Gasteiger partial charge in [0.2, 0.25) is 5.95 Å². The van der Waals surface area contributed by atoms with Crippen LogP contribution in [0.15, 0.2) is 89.9 Å². The summed E-state index contributed by atoms with van der Waals surface area (Å²) in [5.41, 5.74) is 5.84. The number of nitrogens with one attached hydrogen (secondary N) is 2. The summed E-state index contributed by atoms with van der Waals surface area (Å²) >= 11 is 6.64. The van der Waals surface area contributed by atoms with Gasteiger partial charge in [-0.15, -0.1) is 0 Å². The van der Waals surface area contributed by atoms with Crippen LogP contribution >= 0.6 is 11.6 Å². The van der Waals surface area contributed by atoms with E-state index in [9.17, 15) is 9.18 Å². The monoisotopic (exact) mass is 551 g/mol. The molecule has 0 spiro atoms. The third kappa shape index (κ3) is 5.01. The van der Waals surface area contributed by atoms with Crippen LogP contribution in [-0.2, 0) is 6.54 Å². The molecule has 2 N–H and O–H groups in total. The molecule has 6 nitrogen and oxygen atoms in total. The maximum Gasteiger partial charge on any atom is 0.260 e. The molecule has 0 bridgehead atoms. The van der Waals surface area contributed by atoms with Crippen LogP contribution in [0.3, 0.4) is 0 Å². The van der Waals surface area contributed by atoms with Gasteiger partial charge in [-0.2, -0.15) is 4.98 Å². The number of fused-ring (bicyclic) bond motifs is 1. The molecule has 0 atom stereocenters. The van der Waals surface area contributed by atoms with E-state index in [1.807, 2.05) is 19.1 Å². The molecule has 0 saturated carbocycles. The highest BCUT2D eigenvalue weighted by molar-refractivity contribution is 6.33. The van der Waals surface area contributed by atoms with E-state index in [0.717, 1.165) is 25.2 Å². The van der Waals surface area contributed by atoms with E-state index in [2.05, 4.69) is 38.8 Å². The Bertz CT molecular complexity index is 1810. The van der Waals surface area contributed by atoms with Crippen molar-refractivity contribution in [3.05, 3.63) is 112 Å². The van der Waals surface area contributed by atoms with Gasteiger partial charge in [-0.25, -0.2) is 9.37 Å². The van der Waals surface area contributed by atoms with Gasteiger partial charge in [0.05, 0.1) is 0 Å². The van der Waals surface area contributed by atoms with Crippen LogP contribution in [0.1, 0.15) is 18.9 Å². The molecule has 0 unspecified atom stereocenters. The summed E-state index contributed by atoms with van der Waals surface area (Å²) in [6.07, 6.45) is 4.94. The number of aromatic nitrogens is 3. The first-order valence-electron chi connectivity index (χ1n) is 13.2. The fraction of sp³-hybridized carbons (Fsp3) is 0.156. The molecule has 0 aliphatic carbocycles. The van der Waals surface area contributed by atoms with E-state index in [4.69, 9.17) is 11.6 Å². The number of halogens is 2. The minimum atomic E-state index is -0.331. The number of benzene rings is 3. The summed E-state index contributed by atoms with van der Waals surface area (Å²) in [4.78, 5) is 22.8. The smallest absolute Gasteiger partial charge is 0.260 e. The van der Waals surface area contributed by atoms with Crippen LogP contribution in [-0.4, -0.2) is 27.6 Å². The lowest BCUT2D eigenvalue weighted by Crippen LogP contribution is -2.22. The molecule has 3 aromatic carbocycles. The van der Waals surface area contributed by atoms with Crippen molar-refractivity contribution in [2.24, 2.45) is 0 Å². The Balaban J connectivity index is 1.32. The van der Waals surface area contributed by atoms with Gasteiger partial charge in [0, 0.05) is 52.1 Å². The van der Waals surface area contributed by atoms with Crippen LogP contribution in [0.25, 0.3) is 38.9 Å². The summed E-state index contributed by atoms with van der Waals surface area (Å²) in [6.45, 7) is 4.20. The number of pyridine rings is 1. The maximum absolute atomic E-state index is 14.3. The zero-order valence-electron chi connectivity index (χ0n) is 21.9. The average Bonchev–Trinajstić information content (AvgIpc) is 2.98. The van der Waals surface area contributed by atoms with Crippen molar-refractivity contribution in [3.63, 3.8) is 0 Å². The standard InChI is InChI=1S/C32H27ClFN5O/c1-2-39-30-23(19-36-32(38-30)37-24-10-7-20(8-11-24)21-13-15-35-16-14-21)17-27(31(39)40)26-12-9-22(18-28(26)33)25-5-3-4-6-29(25)34/h3-13,17-19,35H,2,14-16H2,1H3,(H,36,37,38). The molecule has 6 rings (SSSR count).